The number of nitrogens with zero attached hydrogens (tertiary/aromatic N) is 4. The molecule has 2 aromatic rings. The van der Waals surface area contributed by atoms with Gasteiger partial charge in [-0.25, -0.2) is 9.67 Å². The Hall–Kier alpha value is -1.57. The van der Waals surface area contributed by atoms with Crippen molar-refractivity contribution in [3.63, 3.8) is 0 Å². The number of hydrogen-bond acceptors (Lipinski definition) is 2. The molecule has 6 heteroatoms. The molecule has 1 fully saturated rings. The van der Waals surface area contributed by atoms with Crippen molar-refractivity contribution in [1.82, 2.24) is 20.0 Å². The molecule has 0 saturated carbocycles. The molecule has 1 aliphatic rings. The highest BCUT2D eigenvalue weighted by Gasteiger charge is 2.18. The molecule has 2 heterocycles. The zero-order valence-electron chi connectivity index (χ0n) is 15.1. The highest BCUT2D eigenvalue weighted by atomic mass is 127. The SMILES string of the molecule is CCNC(=NCc1cccc(-n2cccn2)c1)N1CCC(C)CC1.I. The van der Waals surface area contributed by atoms with E-state index in [1.165, 1.54) is 18.4 Å². The molecule has 1 saturated heterocycles. The zero-order valence-corrected chi connectivity index (χ0v) is 17.4. The Morgan fingerprint density at radius 1 is 1.28 bits per heavy atom. The molecule has 1 aromatic carbocycles. The van der Waals surface area contributed by atoms with E-state index in [2.05, 4.69) is 53.4 Å². The summed E-state index contributed by atoms with van der Waals surface area (Å²) in [6.45, 7) is 8.24. The number of aromatic nitrogens is 2. The van der Waals surface area contributed by atoms with Crippen LogP contribution in [-0.2, 0) is 6.54 Å². The molecule has 1 aromatic heterocycles. The van der Waals surface area contributed by atoms with Gasteiger partial charge in [-0.1, -0.05) is 19.1 Å². The minimum atomic E-state index is 0. The van der Waals surface area contributed by atoms with Crippen molar-refractivity contribution in [1.29, 1.82) is 0 Å². The molecule has 5 nitrogen and oxygen atoms in total. The Balaban J connectivity index is 0.00000225. The highest BCUT2D eigenvalue weighted by Crippen LogP contribution is 2.16. The van der Waals surface area contributed by atoms with Crippen molar-refractivity contribution < 1.29 is 0 Å². The molecule has 1 aliphatic heterocycles. The summed E-state index contributed by atoms with van der Waals surface area (Å²) < 4.78 is 1.88. The lowest BCUT2D eigenvalue weighted by molar-refractivity contribution is 0.273. The van der Waals surface area contributed by atoms with E-state index in [9.17, 15) is 0 Å². The fourth-order valence-electron chi connectivity index (χ4n) is 3.03. The Bertz CT molecular complexity index is 660. The second-order valence-electron chi connectivity index (χ2n) is 6.46. The van der Waals surface area contributed by atoms with Gasteiger partial charge in [0.1, 0.15) is 0 Å². The molecule has 3 rings (SSSR count). The summed E-state index contributed by atoms with van der Waals surface area (Å²) in [7, 11) is 0. The molecule has 1 N–H and O–H groups in total. The number of likely N-dealkylation sites (tertiary alicyclic amines) is 1. The normalized spacial score (nSPS) is 15.8. The monoisotopic (exact) mass is 453 g/mol. The van der Waals surface area contributed by atoms with Crippen molar-refractivity contribution in [2.75, 3.05) is 19.6 Å². The third kappa shape index (κ3) is 5.45. The van der Waals surface area contributed by atoms with E-state index >= 15 is 0 Å². The Morgan fingerprint density at radius 3 is 2.76 bits per heavy atom. The Labute approximate surface area is 167 Å². The molecular weight excluding hydrogens is 425 g/mol. The van der Waals surface area contributed by atoms with E-state index in [1.807, 2.05) is 16.9 Å². The molecule has 0 unspecified atom stereocenters. The largest absolute Gasteiger partial charge is 0.357 e. The van der Waals surface area contributed by atoms with Crippen LogP contribution in [0, 0.1) is 5.92 Å². The van der Waals surface area contributed by atoms with Gasteiger partial charge in [-0.15, -0.1) is 24.0 Å². The first kappa shape index (κ1) is 19.8. The Morgan fingerprint density at radius 2 is 2.08 bits per heavy atom. The number of benzene rings is 1. The predicted molar refractivity (Wildman–Crippen MR) is 114 cm³/mol. The first-order chi connectivity index (χ1) is 11.8. The summed E-state index contributed by atoms with van der Waals surface area (Å²) in [6.07, 6.45) is 6.26. The summed E-state index contributed by atoms with van der Waals surface area (Å²) in [5, 5.41) is 7.73. The molecule has 0 radical (unpaired) electrons. The second kappa shape index (κ2) is 9.79. The van der Waals surface area contributed by atoms with Gasteiger partial charge in [0.15, 0.2) is 5.96 Å². The molecular formula is C19H28IN5. The fraction of sp³-hybridized carbons (Fsp3) is 0.474. The molecule has 136 valence electrons. The van der Waals surface area contributed by atoms with E-state index in [0.717, 1.165) is 37.2 Å². The van der Waals surface area contributed by atoms with Crippen LogP contribution in [0.25, 0.3) is 5.69 Å². The van der Waals surface area contributed by atoms with E-state index in [1.54, 1.807) is 6.20 Å². The van der Waals surface area contributed by atoms with E-state index in [4.69, 9.17) is 4.99 Å². The fourth-order valence-corrected chi connectivity index (χ4v) is 3.03. The average Bonchev–Trinajstić information content (AvgIpc) is 3.14. The minimum Gasteiger partial charge on any atom is -0.357 e. The number of aliphatic imine (C=N–C) groups is 1. The molecule has 0 amide bonds. The lowest BCUT2D eigenvalue weighted by Gasteiger charge is -2.33. The zero-order chi connectivity index (χ0) is 16.8. The van der Waals surface area contributed by atoms with Crippen LogP contribution in [-0.4, -0.2) is 40.3 Å². The van der Waals surface area contributed by atoms with E-state index < -0.39 is 0 Å². The number of hydrogen-bond donors (Lipinski definition) is 1. The van der Waals surface area contributed by atoms with Crippen molar-refractivity contribution in [3.8, 4) is 5.69 Å². The molecule has 25 heavy (non-hydrogen) atoms. The Kier molecular flexibility index (Phi) is 7.74. The van der Waals surface area contributed by atoms with Crippen molar-refractivity contribution >= 4 is 29.9 Å². The topological polar surface area (TPSA) is 45.5 Å². The maximum Gasteiger partial charge on any atom is 0.194 e. The summed E-state index contributed by atoms with van der Waals surface area (Å²) in [4.78, 5) is 7.25. The lowest BCUT2D eigenvalue weighted by Crippen LogP contribution is -2.45. The number of guanidine groups is 1. The number of rotatable bonds is 4. The van der Waals surface area contributed by atoms with Gasteiger partial charge in [0.2, 0.25) is 0 Å². The summed E-state index contributed by atoms with van der Waals surface area (Å²) in [5.74, 6) is 1.86. The summed E-state index contributed by atoms with van der Waals surface area (Å²) in [6, 6.07) is 10.3. The van der Waals surface area contributed by atoms with Gasteiger partial charge in [0.25, 0.3) is 0 Å². The summed E-state index contributed by atoms with van der Waals surface area (Å²) >= 11 is 0. The molecule has 0 bridgehead atoms. The van der Waals surface area contributed by atoms with Gasteiger partial charge in [-0.2, -0.15) is 5.10 Å². The predicted octanol–water partition coefficient (Wildman–Crippen LogP) is 3.69. The van der Waals surface area contributed by atoms with Crippen LogP contribution in [0.3, 0.4) is 0 Å². The van der Waals surface area contributed by atoms with Crippen LogP contribution in [0.1, 0.15) is 32.3 Å². The molecule has 0 aliphatic carbocycles. The van der Waals surface area contributed by atoms with Gasteiger partial charge >= 0.3 is 0 Å². The van der Waals surface area contributed by atoms with Crippen molar-refractivity contribution in [2.45, 2.75) is 33.2 Å². The van der Waals surface area contributed by atoms with Crippen LogP contribution >= 0.6 is 24.0 Å². The number of halogens is 1. The van der Waals surface area contributed by atoms with Crippen molar-refractivity contribution in [3.05, 3.63) is 48.3 Å². The lowest BCUT2D eigenvalue weighted by atomic mass is 10.00. The second-order valence-corrected chi connectivity index (χ2v) is 6.46. The van der Waals surface area contributed by atoms with Gasteiger partial charge in [0, 0.05) is 32.0 Å². The number of piperidine rings is 1. The van der Waals surface area contributed by atoms with Crippen molar-refractivity contribution in [2.24, 2.45) is 10.9 Å². The van der Waals surface area contributed by atoms with Crippen LogP contribution in [0.2, 0.25) is 0 Å². The van der Waals surface area contributed by atoms with Crippen LogP contribution in [0.15, 0.2) is 47.7 Å². The van der Waals surface area contributed by atoms with Crippen LogP contribution in [0.5, 0.6) is 0 Å². The van der Waals surface area contributed by atoms with E-state index in [0.29, 0.717) is 6.54 Å². The maximum atomic E-state index is 4.86. The van der Waals surface area contributed by atoms with Crippen LogP contribution in [0.4, 0.5) is 0 Å². The standard InChI is InChI=1S/C19H27N5.HI/c1-3-20-19(23-12-8-16(2)9-13-23)21-15-17-6-4-7-18(14-17)24-11-5-10-22-24;/h4-7,10-11,14,16H,3,8-9,12-13,15H2,1-2H3,(H,20,21);1H. The van der Waals surface area contributed by atoms with Gasteiger partial charge in [-0.3, -0.25) is 0 Å². The van der Waals surface area contributed by atoms with Crippen LogP contribution < -0.4 is 5.32 Å². The third-order valence-electron chi connectivity index (χ3n) is 4.51. The van der Waals surface area contributed by atoms with Gasteiger partial charge in [0.05, 0.1) is 12.2 Å². The molecule has 0 spiro atoms. The van der Waals surface area contributed by atoms with Gasteiger partial charge in [-0.05, 0) is 49.4 Å². The summed E-state index contributed by atoms with van der Waals surface area (Å²) in [5.41, 5.74) is 2.27. The van der Waals surface area contributed by atoms with Gasteiger partial charge < -0.3 is 10.2 Å². The first-order valence-electron chi connectivity index (χ1n) is 8.88. The average molecular weight is 453 g/mol. The highest BCUT2D eigenvalue weighted by molar-refractivity contribution is 14.0. The first-order valence-corrected chi connectivity index (χ1v) is 8.88. The smallest absolute Gasteiger partial charge is 0.194 e. The number of nitrogens with one attached hydrogen (secondary N) is 1. The van der Waals surface area contributed by atoms with E-state index in [-0.39, 0.29) is 24.0 Å². The quantitative estimate of drug-likeness (QED) is 0.437. The maximum absolute atomic E-state index is 4.86. The third-order valence-corrected chi connectivity index (χ3v) is 4.51. The molecule has 0 atom stereocenters. The minimum absolute atomic E-state index is 0.